The fraction of sp³-hybridized carbons (Fsp3) is 0.533. The minimum absolute atomic E-state index is 0.0273. The van der Waals surface area contributed by atoms with Crippen molar-refractivity contribution in [2.45, 2.75) is 39.3 Å². The van der Waals surface area contributed by atoms with Crippen molar-refractivity contribution in [3.05, 3.63) is 23.8 Å². The van der Waals surface area contributed by atoms with Gasteiger partial charge < -0.3 is 14.8 Å². The molecule has 110 valence electrons. The van der Waals surface area contributed by atoms with Crippen LogP contribution < -0.4 is 20.1 Å². The van der Waals surface area contributed by atoms with Crippen molar-refractivity contribution in [1.82, 2.24) is 10.6 Å². The van der Waals surface area contributed by atoms with Crippen LogP contribution in [0.5, 0.6) is 11.5 Å². The van der Waals surface area contributed by atoms with Crippen molar-refractivity contribution in [2.75, 3.05) is 13.3 Å². The van der Waals surface area contributed by atoms with E-state index >= 15 is 0 Å². The standard InChI is InChI=1S/C15H22N2O3/c1-4-7-16-15(18)11(3)17-10(2)12-5-6-13-14(8-12)20-9-19-13/h5-6,8,10-11,17H,4,7,9H2,1-3H3,(H,16,18). The zero-order chi connectivity index (χ0) is 14.5. The number of nitrogens with one attached hydrogen (secondary N) is 2. The van der Waals surface area contributed by atoms with Gasteiger partial charge in [-0.05, 0) is 38.0 Å². The number of carbonyl (C=O) groups excluding carboxylic acids is 1. The topological polar surface area (TPSA) is 59.6 Å². The summed E-state index contributed by atoms with van der Waals surface area (Å²) in [4.78, 5) is 11.8. The van der Waals surface area contributed by atoms with E-state index < -0.39 is 0 Å². The number of benzene rings is 1. The van der Waals surface area contributed by atoms with Crippen LogP contribution in [0.2, 0.25) is 0 Å². The molecular formula is C15H22N2O3. The summed E-state index contributed by atoms with van der Waals surface area (Å²) in [5.41, 5.74) is 1.07. The highest BCUT2D eigenvalue weighted by molar-refractivity contribution is 5.81. The van der Waals surface area contributed by atoms with Gasteiger partial charge in [0.1, 0.15) is 0 Å². The Hall–Kier alpha value is -1.75. The van der Waals surface area contributed by atoms with Crippen LogP contribution in [0.25, 0.3) is 0 Å². The Morgan fingerprint density at radius 2 is 2.05 bits per heavy atom. The molecule has 1 heterocycles. The van der Waals surface area contributed by atoms with Gasteiger partial charge in [-0.25, -0.2) is 0 Å². The Morgan fingerprint density at radius 3 is 2.80 bits per heavy atom. The van der Waals surface area contributed by atoms with E-state index in [1.165, 1.54) is 0 Å². The average molecular weight is 278 g/mol. The molecule has 5 nitrogen and oxygen atoms in total. The first-order valence-corrected chi connectivity index (χ1v) is 7.05. The monoisotopic (exact) mass is 278 g/mol. The predicted molar refractivity (Wildman–Crippen MR) is 76.9 cm³/mol. The lowest BCUT2D eigenvalue weighted by Gasteiger charge is -2.20. The lowest BCUT2D eigenvalue weighted by Crippen LogP contribution is -2.43. The normalized spacial score (nSPS) is 15.8. The molecule has 2 atom stereocenters. The van der Waals surface area contributed by atoms with Crippen molar-refractivity contribution in [2.24, 2.45) is 0 Å². The number of hydrogen-bond donors (Lipinski definition) is 2. The number of ether oxygens (including phenoxy) is 2. The summed E-state index contributed by atoms with van der Waals surface area (Å²) in [7, 11) is 0. The highest BCUT2D eigenvalue weighted by Gasteiger charge is 2.19. The van der Waals surface area contributed by atoms with Crippen LogP contribution in [0.3, 0.4) is 0 Å². The molecule has 0 radical (unpaired) electrons. The molecule has 20 heavy (non-hydrogen) atoms. The summed E-state index contributed by atoms with van der Waals surface area (Å²) in [5, 5.41) is 6.17. The molecule has 0 spiro atoms. The zero-order valence-corrected chi connectivity index (χ0v) is 12.2. The molecule has 1 aromatic rings. The summed E-state index contributed by atoms with van der Waals surface area (Å²) < 4.78 is 10.7. The van der Waals surface area contributed by atoms with Gasteiger partial charge in [-0.2, -0.15) is 0 Å². The fourth-order valence-corrected chi connectivity index (χ4v) is 2.13. The molecule has 0 bridgehead atoms. The van der Waals surface area contributed by atoms with Gasteiger partial charge in [-0.3, -0.25) is 10.1 Å². The molecule has 0 aliphatic carbocycles. The summed E-state index contributed by atoms with van der Waals surface area (Å²) in [6.07, 6.45) is 0.941. The van der Waals surface area contributed by atoms with Crippen LogP contribution in [0.1, 0.15) is 38.8 Å². The third kappa shape index (κ3) is 3.42. The van der Waals surface area contributed by atoms with Crippen LogP contribution in [-0.2, 0) is 4.79 Å². The molecule has 0 fully saturated rings. The minimum Gasteiger partial charge on any atom is -0.454 e. The molecule has 1 amide bonds. The number of amides is 1. The Labute approximate surface area is 119 Å². The lowest BCUT2D eigenvalue weighted by molar-refractivity contribution is -0.122. The van der Waals surface area contributed by atoms with Crippen molar-refractivity contribution < 1.29 is 14.3 Å². The first-order chi connectivity index (χ1) is 9.61. The smallest absolute Gasteiger partial charge is 0.236 e. The SMILES string of the molecule is CCCNC(=O)C(C)NC(C)c1ccc2c(c1)OCO2. The Bertz CT molecular complexity index is 476. The van der Waals surface area contributed by atoms with Crippen LogP contribution in [0.4, 0.5) is 0 Å². The second-order valence-electron chi connectivity index (χ2n) is 5.01. The van der Waals surface area contributed by atoms with E-state index in [1.807, 2.05) is 39.0 Å². The molecule has 1 aliphatic rings. The third-order valence-electron chi connectivity index (χ3n) is 3.34. The highest BCUT2D eigenvalue weighted by Crippen LogP contribution is 2.34. The van der Waals surface area contributed by atoms with Crippen LogP contribution in [0.15, 0.2) is 18.2 Å². The molecule has 2 N–H and O–H groups in total. The highest BCUT2D eigenvalue weighted by atomic mass is 16.7. The van der Waals surface area contributed by atoms with Crippen molar-refractivity contribution in [3.63, 3.8) is 0 Å². The van der Waals surface area contributed by atoms with Gasteiger partial charge in [0.2, 0.25) is 12.7 Å². The molecule has 0 saturated heterocycles. The maximum atomic E-state index is 11.8. The second-order valence-corrected chi connectivity index (χ2v) is 5.01. The lowest BCUT2D eigenvalue weighted by atomic mass is 10.1. The summed E-state index contributed by atoms with van der Waals surface area (Å²) in [6, 6.07) is 5.67. The number of rotatable bonds is 6. The van der Waals surface area contributed by atoms with E-state index in [-0.39, 0.29) is 24.8 Å². The van der Waals surface area contributed by atoms with Crippen LogP contribution in [0, 0.1) is 0 Å². The minimum atomic E-state index is -0.234. The summed E-state index contributed by atoms with van der Waals surface area (Å²) in [5.74, 6) is 1.56. The van der Waals surface area contributed by atoms with Gasteiger partial charge in [-0.1, -0.05) is 13.0 Å². The van der Waals surface area contributed by atoms with E-state index in [4.69, 9.17) is 9.47 Å². The summed E-state index contributed by atoms with van der Waals surface area (Å²) in [6.45, 7) is 6.92. The zero-order valence-electron chi connectivity index (χ0n) is 12.2. The average Bonchev–Trinajstić information content (AvgIpc) is 2.91. The molecule has 1 aromatic carbocycles. The van der Waals surface area contributed by atoms with Gasteiger partial charge >= 0.3 is 0 Å². The first-order valence-electron chi connectivity index (χ1n) is 7.05. The first kappa shape index (κ1) is 14.7. The van der Waals surface area contributed by atoms with Gasteiger partial charge in [-0.15, -0.1) is 0 Å². The van der Waals surface area contributed by atoms with Gasteiger partial charge in [0.25, 0.3) is 0 Å². The van der Waals surface area contributed by atoms with Crippen LogP contribution in [-0.4, -0.2) is 25.3 Å². The molecule has 5 heteroatoms. The van der Waals surface area contributed by atoms with Gasteiger partial charge in [0, 0.05) is 12.6 Å². The van der Waals surface area contributed by atoms with Gasteiger partial charge in [0.05, 0.1) is 6.04 Å². The van der Waals surface area contributed by atoms with E-state index in [9.17, 15) is 4.79 Å². The predicted octanol–water partition coefficient (Wildman–Crippen LogP) is 1.98. The van der Waals surface area contributed by atoms with Crippen molar-refractivity contribution in [1.29, 1.82) is 0 Å². The van der Waals surface area contributed by atoms with E-state index in [0.717, 1.165) is 23.5 Å². The maximum absolute atomic E-state index is 11.8. The molecular weight excluding hydrogens is 256 g/mol. The fourth-order valence-electron chi connectivity index (χ4n) is 2.13. The Morgan fingerprint density at radius 1 is 1.30 bits per heavy atom. The molecule has 0 aromatic heterocycles. The van der Waals surface area contributed by atoms with Crippen molar-refractivity contribution in [3.8, 4) is 11.5 Å². The van der Waals surface area contributed by atoms with E-state index in [2.05, 4.69) is 10.6 Å². The second kappa shape index (κ2) is 6.61. The number of hydrogen-bond acceptors (Lipinski definition) is 4. The maximum Gasteiger partial charge on any atom is 0.236 e. The Balaban J connectivity index is 1.94. The van der Waals surface area contributed by atoms with E-state index in [1.54, 1.807) is 0 Å². The quantitative estimate of drug-likeness (QED) is 0.835. The van der Waals surface area contributed by atoms with Crippen LogP contribution >= 0.6 is 0 Å². The molecule has 0 saturated carbocycles. The molecule has 1 aliphatic heterocycles. The van der Waals surface area contributed by atoms with Gasteiger partial charge in [0.15, 0.2) is 11.5 Å². The summed E-state index contributed by atoms with van der Waals surface area (Å²) >= 11 is 0. The van der Waals surface area contributed by atoms with E-state index in [0.29, 0.717) is 6.54 Å². The van der Waals surface area contributed by atoms with Crippen molar-refractivity contribution >= 4 is 5.91 Å². The Kier molecular flexibility index (Phi) is 4.84. The molecule has 2 unspecified atom stereocenters. The number of carbonyl (C=O) groups is 1. The molecule has 2 rings (SSSR count). The number of fused-ring (bicyclic) bond motifs is 1. The third-order valence-corrected chi connectivity index (χ3v) is 3.34. The largest absolute Gasteiger partial charge is 0.454 e.